The summed E-state index contributed by atoms with van der Waals surface area (Å²) in [7, 11) is 1.45. The van der Waals surface area contributed by atoms with Crippen LogP contribution in [0.5, 0.6) is 5.75 Å². The molecular weight excluding hydrogens is 239 g/mol. The number of rotatable bonds is 4. The van der Waals surface area contributed by atoms with Crippen LogP contribution in [0.4, 0.5) is 4.39 Å². The number of carboxylic acid groups (broad SMARTS) is 1. The Balaban J connectivity index is 2.52. The number of ether oxygens (including phenoxy) is 1. The molecule has 94 valence electrons. The van der Waals surface area contributed by atoms with Crippen LogP contribution >= 0.6 is 0 Å². The fourth-order valence-corrected chi connectivity index (χ4v) is 1.70. The monoisotopic (exact) mass is 250 g/mol. The van der Waals surface area contributed by atoms with Crippen LogP contribution in [-0.2, 0) is 6.67 Å². The molecule has 0 bridgehead atoms. The summed E-state index contributed by atoms with van der Waals surface area (Å²) in [6, 6.07) is 6.36. The number of hydrogen-bond donors (Lipinski definition) is 2. The molecule has 0 fully saturated rings. The molecule has 0 unspecified atom stereocenters. The molecule has 0 aliphatic rings. The molecule has 5 nitrogen and oxygen atoms in total. The summed E-state index contributed by atoms with van der Waals surface area (Å²) >= 11 is 0. The van der Waals surface area contributed by atoms with Crippen molar-refractivity contribution < 1.29 is 19.0 Å². The Labute approximate surface area is 102 Å². The number of halogens is 1. The van der Waals surface area contributed by atoms with Crippen molar-refractivity contribution in [2.24, 2.45) is 0 Å². The third kappa shape index (κ3) is 2.04. The van der Waals surface area contributed by atoms with Gasteiger partial charge in [0.2, 0.25) is 0 Å². The second-order valence-corrected chi connectivity index (χ2v) is 3.59. The summed E-state index contributed by atoms with van der Waals surface area (Å²) < 4.78 is 18.1. The van der Waals surface area contributed by atoms with Crippen molar-refractivity contribution in [2.45, 2.75) is 6.67 Å². The fraction of sp³-hybridized carbons (Fsp3) is 0.167. The van der Waals surface area contributed by atoms with E-state index in [9.17, 15) is 9.18 Å². The summed E-state index contributed by atoms with van der Waals surface area (Å²) in [5.74, 6) is -0.701. The van der Waals surface area contributed by atoms with E-state index >= 15 is 0 Å². The van der Waals surface area contributed by atoms with Crippen molar-refractivity contribution in [3.63, 3.8) is 0 Å². The first-order valence-corrected chi connectivity index (χ1v) is 5.18. The molecule has 0 saturated carbocycles. The molecule has 0 saturated heterocycles. The Bertz CT molecular complexity index is 580. The normalized spacial score (nSPS) is 10.3. The summed E-state index contributed by atoms with van der Waals surface area (Å²) in [5.41, 5.74) is 1.20. The highest BCUT2D eigenvalue weighted by atomic mass is 19.1. The van der Waals surface area contributed by atoms with E-state index in [0.717, 1.165) is 0 Å². The molecule has 1 aromatic carbocycles. The number of carbonyl (C=O) groups is 1. The highest BCUT2D eigenvalue weighted by Crippen LogP contribution is 2.30. The smallest absolute Gasteiger partial charge is 0.353 e. The Kier molecular flexibility index (Phi) is 3.27. The predicted molar refractivity (Wildman–Crippen MR) is 62.3 cm³/mol. The van der Waals surface area contributed by atoms with Crippen molar-refractivity contribution >= 4 is 5.97 Å². The molecular formula is C12H11FN2O3. The van der Waals surface area contributed by atoms with Crippen LogP contribution in [0, 0.1) is 0 Å². The number of hydrogen-bond acceptors (Lipinski definition) is 3. The highest BCUT2D eigenvalue weighted by Gasteiger charge is 2.15. The van der Waals surface area contributed by atoms with E-state index in [2.05, 4.69) is 10.2 Å². The van der Waals surface area contributed by atoms with Crippen LogP contribution < -0.4 is 4.74 Å². The van der Waals surface area contributed by atoms with Crippen LogP contribution in [-0.4, -0.2) is 28.4 Å². The Hall–Kier alpha value is -2.37. The topological polar surface area (TPSA) is 75.2 Å². The van der Waals surface area contributed by atoms with Crippen LogP contribution in [0.2, 0.25) is 0 Å². The number of nitrogens with one attached hydrogen (secondary N) is 1. The van der Waals surface area contributed by atoms with E-state index in [1.165, 1.54) is 13.2 Å². The molecule has 18 heavy (non-hydrogen) atoms. The first-order chi connectivity index (χ1) is 8.67. The van der Waals surface area contributed by atoms with Gasteiger partial charge in [-0.15, -0.1) is 0 Å². The van der Waals surface area contributed by atoms with Gasteiger partial charge in [0, 0.05) is 11.1 Å². The summed E-state index contributed by atoms with van der Waals surface area (Å²) in [6.07, 6.45) is 0. The largest absolute Gasteiger partial charge is 0.496 e. The van der Waals surface area contributed by atoms with Crippen LogP contribution in [0.3, 0.4) is 0 Å². The molecule has 0 spiro atoms. The maximum absolute atomic E-state index is 13.1. The zero-order chi connectivity index (χ0) is 13.1. The lowest BCUT2D eigenvalue weighted by Crippen LogP contribution is -1.95. The van der Waals surface area contributed by atoms with Crippen LogP contribution in [0.15, 0.2) is 24.3 Å². The molecule has 0 radical (unpaired) electrons. The second-order valence-electron chi connectivity index (χ2n) is 3.59. The number of nitrogens with zero attached hydrogens (tertiary/aromatic N) is 1. The Morgan fingerprint density at radius 3 is 2.89 bits per heavy atom. The van der Waals surface area contributed by atoms with Gasteiger partial charge in [-0.1, -0.05) is 12.1 Å². The van der Waals surface area contributed by atoms with Crippen molar-refractivity contribution in [3.8, 4) is 17.0 Å². The van der Waals surface area contributed by atoms with E-state index in [1.807, 2.05) is 0 Å². The SMILES string of the molecule is COc1cccc(-c2cc(C(=O)O)[nH]n2)c1CF. The quantitative estimate of drug-likeness (QED) is 0.872. The third-order valence-electron chi connectivity index (χ3n) is 2.57. The minimum atomic E-state index is -1.11. The van der Waals surface area contributed by atoms with Gasteiger partial charge in [-0.2, -0.15) is 5.10 Å². The van der Waals surface area contributed by atoms with Gasteiger partial charge in [0.15, 0.2) is 0 Å². The standard InChI is InChI=1S/C12H11FN2O3/c1-18-11-4-2-3-7(8(11)6-13)9-5-10(12(16)17)15-14-9/h2-5H,6H2,1H3,(H,14,15)(H,16,17). The Morgan fingerprint density at radius 1 is 1.56 bits per heavy atom. The Morgan fingerprint density at radius 2 is 2.33 bits per heavy atom. The van der Waals surface area contributed by atoms with Gasteiger partial charge < -0.3 is 9.84 Å². The summed E-state index contributed by atoms with van der Waals surface area (Å²) in [4.78, 5) is 10.8. The van der Waals surface area contributed by atoms with Gasteiger partial charge in [-0.05, 0) is 12.1 Å². The maximum atomic E-state index is 13.1. The fourth-order valence-electron chi connectivity index (χ4n) is 1.70. The zero-order valence-corrected chi connectivity index (χ0v) is 9.61. The molecule has 2 N–H and O–H groups in total. The first-order valence-electron chi connectivity index (χ1n) is 5.18. The lowest BCUT2D eigenvalue weighted by Gasteiger charge is -2.09. The van der Waals surface area contributed by atoms with E-state index < -0.39 is 12.6 Å². The van der Waals surface area contributed by atoms with E-state index in [0.29, 0.717) is 22.6 Å². The molecule has 0 atom stereocenters. The zero-order valence-electron chi connectivity index (χ0n) is 9.61. The molecule has 0 aliphatic heterocycles. The molecule has 0 aliphatic carbocycles. The lowest BCUT2D eigenvalue weighted by atomic mass is 10.0. The van der Waals surface area contributed by atoms with E-state index in [4.69, 9.17) is 9.84 Å². The second kappa shape index (κ2) is 4.87. The molecule has 2 aromatic rings. The number of benzene rings is 1. The first kappa shape index (κ1) is 12.1. The number of carboxylic acids is 1. The lowest BCUT2D eigenvalue weighted by molar-refractivity contribution is 0.0690. The van der Waals surface area contributed by atoms with Crippen LogP contribution in [0.25, 0.3) is 11.3 Å². The maximum Gasteiger partial charge on any atom is 0.353 e. The number of aromatic nitrogens is 2. The minimum absolute atomic E-state index is 0.0439. The van der Waals surface area contributed by atoms with Crippen molar-refractivity contribution in [3.05, 3.63) is 35.5 Å². The average molecular weight is 250 g/mol. The molecule has 1 heterocycles. The highest BCUT2D eigenvalue weighted by molar-refractivity contribution is 5.87. The van der Waals surface area contributed by atoms with E-state index in [-0.39, 0.29) is 5.69 Å². The number of aromatic carboxylic acids is 1. The van der Waals surface area contributed by atoms with Crippen LogP contribution in [0.1, 0.15) is 16.1 Å². The predicted octanol–water partition coefficient (Wildman–Crippen LogP) is 2.25. The average Bonchev–Trinajstić information content (AvgIpc) is 2.87. The summed E-state index contributed by atoms with van der Waals surface area (Å²) in [5, 5.41) is 15.0. The van der Waals surface area contributed by atoms with Gasteiger partial charge in [-0.25, -0.2) is 9.18 Å². The van der Waals surface area contributed by atoms with Crippen molar-refractivity contribution in [1.29, 1.82) is 0 Å². The van der Waals surface area contributed by atoms with Crippen molar-refractivity contribution in [2.75, 3.05) is 7.11 Å². The van der Waals surface area contributed by atoms with Gasteiger partial charge in [0.1, 0.15) is 18.1 Å². The van der Waals surface area contributed by atoms with Gasteiger partial charge in [0.25, 0.3) is 0 Å². The number of H-pyrrole nitrogens is 1. The summed E-state index contributed by atoms with van der Waals surface area (Å²) in [6.45, 7) is -0.714. The van der Waals surface area contributed by atoms with Gasteiger partial charge in [-0.3, -0.25) is 5.10 Å². The minimum Gasteiger partial charge on any atom is -0.496 e. The molecule has 0 amide bonds. The number of alkyl halides is 1. The molecule has 6 heteroatoms. The van der Waals surface area contributed by atoms with E-state index in [1.54, 1.807) is 18.2 Å². The van der Waals surface area contributed by atoms with Crippen molar-refractivity contribution in [1.82, 2.24) is 10.2 Å². The number of methoxy groups -OCH3 is 1. The molecule has 1 aromatic heterocycles. The van der Waals surface area contributed by atoms with Gasteiger partial charge >= 0.3 is 5.97 Å². The molecule has 2 rings (SSSR count). The van der Waals surface area contributed by atoms with Gasteiger partial charge in [0.05, 0.1) is 12.8 Å². The third-order valence-corrected chi connectivity index (χ3v) is 2.57. The number of aromatic amines is 1.